The standard InChI is InChI=1S/C106H66B2N6S/c1-11-33-67(34-12-1)75-61-81(71-41-19-5-20-42-71)96-91(64-75)111-87-53-31-56-90-95(87)108(86-63-77(69-37-15-3-16-38-69)66-93(99(86)111)109(96)78-49-27-9-28-50-78)85-60-59-84-101-102(85)114(90)104-103(105(73-45-23-7-24-46-73)115-106(104)74-47-25-8-26-48-74)113(101)89-55-32-54-88-94(89)107(84)83-58-57-80(70-39-17-4-18-40-70)98-100(83)112(88)92-65-76(68-35-13-2-14-36-68)62-82(72-43-21-6-22-44-72)97(92)110(98)79-51-29-10-30-52-79/h1-66H. The maximum atomic E-state index is 2.77. The van der Waals surface area contributed by atoms with Crippen molar-refractivity contribution in [3.8, 4) is 87.6 Å². The molecule has 0 atom stereocenters. The van der Waals surface area contributed by atoms with Crippen LogP contribution >= 0.6 is 11.3 Å². The van der Waals surface area contributed by atoms with Gasteiger partial charge in [-0.1, -0.05) is 322 Å². The van der Waals surface area contributed by atoms with Crippen LogP contribution in [0.3, 0.4) is 0 Å². The SMILES string of the molecule is c1ccc(-c2cc3c4c(c2)N(c2ccccc2)c2c(-c5ccccc5)cc(-c5ccccc5)cc2N4c2cccc4c2B3c2ccc3c5c2N4c2c(-c4ccccc4)sc(-c4ccccc4)c2N5c2cccc4c2B3c2ccc(-c3ccccc3)c3c2N4c2cc(-c4ccccc4)cc(-c4ccccc4)c2N3c2ccccc2)cc1. The Labute approximate surface area is 672 Å². The number of nitrogens with zero attached hydrogens (tertiary/aromatic N) is 6. The monoisotopic (exact) mass is 1480 g/mol. The molecule has 0 saturated carbocycles. The summed E-state index contributed by atoms with van der Waals surface area (Å²) in [6, 6.07) is 151. The smallest absolute Gasteiger partial charge is 0.252 e. The van der Waals surface area contributed by atoms with Gasteiger partial charge in [-0.25, -0.2) is 0 Å². The summed E-state index contributed by atoms with van der Waals surface area (Å²) in [5.74, 6) is 0. The molecule has 6 nitrogen and oxygen atoms in total. The molecule has 115 heavy (non-hydrogen) atoms. The van der Waals surface area contributed by atoms with E-state index in [1.165, 1.54) is 99.2 Å². The van der Waals surface area contributed by atoms with Crippen LogP contribution in [-0.2, 0) is 0 Å². The van der Waals surface area contributed by atoms with Crippen LogP contribution in [0.15, 0.2) is 400 Å². The average molecular weight is 1480 g/mol. The summed E-state index contributed by atoms with van der Waals surface area (Å²) in [5, 5.41) is 0. The molecule has 0 unspecified atom stereocenters. The summed E-state index contributed by atoms with van der Waals surface area (Å²) in [6.45, 7) is -0.492. The molecule has 9 heteroatoms. The Morgan fingerprint density at radius 3 is 0.887 bits per heavy atom. The van der Waals surface area contributed by atoms with E-state index in [-0.39, 0.29) is 13.4 Å². The van der Waals surface area contributed by atoms with Gasteiger partial charge in [-0.05, 0) is 173 Å². The van der Waals surface area contributed by atoms with Gasteiger partial charge in [0, 0.05) is 50.8 Å². The van der Waals surface area contributed by atoms with Crippen molar-refractivity contribution < 1.29 is 0 Å². The molecular formula is C106H66B2N6S. The number of thiophene rings is 1. The van der Waals surface area contributed by atoms with Crippen LogP contribution in [0.5, 0.6) is 0 Å². The molecular weight excluding hydrogens is 1410 g/mol. The third-order valence-electron chi connectivity index (χ3n) is 24.9. The summed E-state index contributed by atoms with van der Waals surface area (Å²) in [6.07, 6.45) is 0. The number of hydrogen-bond acceptors (Lipinski definition) is 7. The van der Waals surface area contributed by atoms with E-state index in [0.29, 0.717) is 0 Å². The van der Waals surface area contributed by atoms with Gasteiger partial charge in [0.1, 0.15) is 0 Å². The molecule has 1 aromatic heterocycles. The van der Waals surface area contributed by atoms with Gasteiger partial charge in [0.05, 0.1) is 78.0 Å². The molecule has 18 aromatic rings. The minimum Gasteiger partial charge on any atom is -0.307 e. The zero-order valence-electron chi connectivity index (χ0n) is 62.4. The molecule has 0 radical (unpaired) electrons. The fourth-order valence-corrected chi connectivity index (χ4v) is 21.5. The van der Waals surface area contributed by atoms with Crippen molar-refractivity contribution in [1.29, 1.82) is 0 Å². The lowest BCUT2D eigenvalue weighted by Crippen LogP contribution is -2.65. The summed E-state index contributed by atoms with van der Waals surface area (Å²) in [4.78, 5) is 18.6. The normalized spacial score (nSPS) is 13.4. The molecule has 0 N–H and O–H groups in total. The van der Waals surface area contributed by atoms with E-state index in [1.807, 2.05) is 11.3 Å². The van der Waals surface area contributed by atoms with Crippen molar-refractivity contribution in [2.24, 2.45) is 0 Å². The molecule has 7 aliphatic heterocycles. The molecule has 25 rings (SSSR count). The average Bonchev–Trinajstić information content (AvgIpc) is 1.61. The summed E-state index contributed by atoms with van der Waals surface area (Å²) in [7, 11) is 0. The lowest BCUT2D eigenvalue weighted by Gasteiger charge is -2.53. The van der Waals surface area contributed by atoms with Gasteiger partial charge < -0.3 is 29.4 Å². The number of para-hydroxylation sites is 2. The van der Waals surface area contributed by atoms with Crippen LogP contribution < -0.4 is 62.2 Å². The first-order valence-corrected chi connectivity index (χ1v) is 40.6. The third-order valence-corrected chi connectivity index (χ3v) is 26.1. The van der Waals surface area contributed by atoms with Gasteiger partial charge in [-0.2, -0.15) is 0 Å². The van der Waals surface area contributed by atoms with Crippen LogP contribution in [0.4, 0.5) is 102 Å². The van der Waals surface area contributed by atoms with E-state index in [0.717, 1.165) is 124 Å². The highest BCUT2D eigenvalue weighted by atomic mass is 32.1. The zero-order valence-corrected chi connectivity index (χ0v) is 63.2. The van der Waals surface area contributed by atoms with Gasteiger partial charge in [-0.3, -0.25) is 0 Å². The van der Waals surface area contributed by atoms with Gasteiger partial charge >= 0.3 is 0 Å². The molecule has 0 amide bonds. The highest BCUT2D eigenvalue weighted by Gasteiger charge is 2.56. The lowest BCUT2D eigenvalue weighted by atomic mass is 9.30. The van der Waals surface area contributed by atoms with Crippen LogP contribution in [-0.4, -0.2) is 13.4 Å². The fraction of sp³-hybridized carbons (Fsp3) is 0. The predicted molar refractivity (Wildman–Crippen MR) is 486 cm³/mol. The largest absolute Gasteiger partial charge is 0.307 e. The van der Waals surface area contributed by atoms with Crippen LogP contribution in [0.2, 0.25) is 0 Å². The van der Waals surface area contributed by atoms with Crippen LogP contribution in [0.25, 0.3) is 87.6 Å². The predicted octanol–water partition coefficient (Wildman–Crippen LogP) is 25.1. The third kappa shape index (κ3) is 9.24. The van der Waals surface area contributed by atoms with Crippen molar-refractivity contribution in [1.82, 2.24) is 0 Å². The quantitative estimate of drug-likeness (QED) is 0.126. The Morgan fingerprint density at radius 2 is 0.470 bits per heavy atom. The first-order valence-electron chi connectivity index (χ1n) is 39.8. The maximum absolute atomic E-state index is 2.77. The molecule has 0 spiro atoms. The Bertz CT molecular complexity index is 7040. The van der Waals surface area contributed by atoms with Crippen LogP contribution in [0.1, 0.15) is 0 Å². The lowest BCUT2D eigenvalue weighted by molar-refractivity contribution is 1.16. The van der Waals surface area contributed by atoms with E-state index in [2.05, 4.69) is 430 Å². The molecule has 7 aliphatic rings. The van der Waals surface area contributed by atoms with Gasteiger partial charge in [0.2, 0.25) is 0 Å². The van der Waals surface area contributed by atoms with E-state index in [1.54, 1.807) is 0 Å². The molecule has 0 bridgehead atoms. The number of rotatable bonds is 10. The first-order chi connectivity index (χ1) is 57.1. The van der Waals surface area contributed by atoms with Gasteiger partial charge in [-0.15, -0.1) is 11.3 Å². The van der Waals surface area contributed by atoms with Crippen LogP contribution in [0, 0.1) is 0 Å². The Morgan fingerprint density at radius 1 is 0.165 bits per heavy atom. The molecule has 0 fully saturated rings. The van der Waals surface area contributed by atoms with Crippen molar-refractivity contribution >= 4 is 160 Å². The summed E-state index contributed by atoms with van der Waals surface area (Å²) in [5.41, 5.74) is 44.5. The van der Waals surface area contributed by atoms with E-state index >= 15 is 0 Å². The topological polar surface area (TPSA) is 19.4 Å². The molecule has 17 aromatic carbocycles. The molecule has 532 valence electrons. The zero-order chi connectivity index (χ0) is 75.1. The van der Waals surface area contributed by atoms with E-state index < -0.39 is 0 Å². The Hall–Kier alpha value is -14.6. The molecule has 8 heterocycles. The number of benzene rings is 17. The second kappa shape index (κ2) is 24.9. The van der Waals surface area contributed by atoms with Crippen molar-refractivity contribution in [2.75, 3.05) is 29.4 Å². The second-order valence-corrected chi connectivity index (χ2v) is 31.9. The van der Waals surface area contributed by atoms with E-state index in [9.17, 15) is 0 Å². The highest BCUT2D eigenvalue weighted by molar-refractivity contribution is 7.20. The first kappa shape index (κ1) is 64.1. The fourth-order valence-electron chi connectivity index (χ4n) is 20.2. The Kier molecular flexibility index (Phi) is 13.9. The maximum Gasteiger partial charge on any atom is 0.252 e. The van der Waals surface area contributed by atoms with Gasteiger partial charge in [0.25, 0.3) is 13.4 Å². The van der Waals surface area contributed by atoms with Crippen molar-refractivity contribution in [2.45, 2.75) is 0 Å². The Balaban J connectivity index is 0.820. The number of anilines is 18. The van der Waals surface area contributed by atoms with Crippen molar-refractivity contribution in [3.63, 3.8) is 0 Å². The minimum atomic E-state index is -0.252. The highest BCUT2D eigenvalue weighted by Crippen LogP contribution is 2.68. The van der Waals surface area contributed by atoms with Gasteiger partial charge in [0.15, 0.2) is 0 Å². The van der Waals surface area contributed by atoms with E-state index in [4.69, 9.17) is 0 Å². The number of fused-ring (bicyclic) bond motifs is 15. The number of hydrogen-bond donors (Lipinski definition) is 0. The molecule has 0 saturated heterocycles. The minimum absolute atomic E-state index is 0.240. The molecule has 0 aliphatic carbocycles. The second-order valence-electron chi connectivity index (χ2n) is 30.9. The summed E-state index contributed by atoms with van der Waals surface area (Å²) >= 11 is 1.92. The summed E-state index contributed by atoms with van der Waals surface area (Å²) < 4.78 is 0. The van der Waals surface area contributed by atoms with Crippen molar-refractivity contribution in [3.05, 3.63) is 400 Å².